The number of allylic oxidation sites excluding steroid dienone is 1. The normalized spacial score (nSPS) is 18.7. The fourth-order valence-corrected chi connectivity index (χ4v) is 5.74. The topological polar surface area (TPSA) is 76.6 Å². The molecule has 0 bridgehead atoms. The van der Waals surface area contributed by atoms with Gasteiger partial charge in [0.15, 0.2) is 17.5 Å². The quantitative estimate of drug-likeness (QED) is 0.246. The van der Waals surface area contributed by atoms with Gasteiger partial charge in [0.25, 0.3) is 0 Å². The number of carbonyl (C=O) groups excluding carboxylic acids is 1. The van der Waals surface area contributed by atoms with Crippen LogP contribution in [0.3, 0.4) is 0 Å². The number of para-hydroxylation sites is 1. The minimum Gasteiger partial charge on any atom is -0.480 e. The highest BCUT2D eigenvalue weighted by atomic mass is 19.2. The summed E-state index contributed by atoms with van der Waals surface area (Å²) in [5.74, 6) is -3.88. The van der Waals surface area contributed by atoms with Crippen molar-refractivity contribution in [3.05, 3.63) is 77.2 Å². The number of nitrogens with one attached hydrogen (secondary N) is 1. The molecular formula is C30H34F3N3O3. The lowest BCUT2D eigenvalue weighted by molar-refractivity contribution is -0.147. The van der Waals surface area contributed by atoms with Crippen LogP contribution in [-0.2, 0) is 9.59 Å². The molecule has 0 saturated carbocycles. The van der Waals surface area contributed by atoms with E-state index < -0.39 is 23.4 Å². The van der Waals surface area contributed by atoms with E-state index in [1.807, 2.05) is 0 Å². The molecule has 1 aromatic heterocycles. The van der Waals surface area contributed by atoms with Crippen LogP contribution in [0.1, 0.15) is 42.7 Å². The van der Waals surface area contributed by atoms with Crippen molar-refractivity contribution < 1.29 is 27.9 Å². The van der Waals surface area contributed by atoms with Gasteiger partial charge in [0.1, 0.15) is 12.3 Å². The molecule has 2 N–H and O–H groups in total. The number of halogens is 3. The van der Waals surface area contributed by atoms with Gasteiger partial charge in [-0.1, -0.05) is 24.3 Å². The van der Waals surface area contributed by atoms with Crippen LogP contribution >= 0.6 is 0 Å². The molecule has 0 radical (unpaired) electrons. The Morgan fingerprint density at radius 1 is 1.03 bits per heavy atom. The van der Waals surface area contributed by atoms with Crippen LogP contribution in [0.25, 0.3) is 17.0 Å². The number of carboxylic acid groups (broad SMARTS) is 1. The van der Waals surface area contributed by atoms with Gasteiger partial charge in [0.05, 0.1) is 0 Å². The highest BCUT2D eigenvalue weighted by molar-refractivity contribution is 5.83. The van der Waals surface area contributed by atoms with E-state index in [0.29, 0.717) is 12.2 Å². The van der Waals surface area contributed by atoms with Gasteiger partial charge in [-0.25, -0.2) is 13.2 Å². The number of piperidine rings is 2. The van der Waals surface area contributed by atoms with Crippen molar-refractivity contribution >= 4 is 29.2 Å². The summed E-state index contributed by atoms with van der Waals surface area (Å²) in [7, 11) is 2.12. The molecule has 2 fully saturated rings. The van der Waals surface area contributed by atoms with E-state index in [-0.39, 0.29) is 17.5 Å². The number of nitrogens with zero attached hydrogens (tertiary/aromatic N) is 2. The van der Waals surface area contributed by atoms with Crippen molar-refractivity contribution in [1.29, 1.82) is 0 Å². The number of benzene rings is 2. The molecular weight excluding hydrogens is 507 g/mol. The second kappa shape index (κ2) is 13.1. The number of hydrogen-bond acceptors (Lipinski definition) is 4. The molecule has 3 heterocycles. The molecule has 3 aromatic rings. The number of carboxylic acids is 1. The number of carbonyl (C=O) groups is 2. The number of aldehydes is 1. The lowest BCUT2D eigenvalue weighted by Gasteiger charge is -2.41. The van der Waals surface area contributed by atoms with E-state index in [9.17, 15) is 27.9 Å². The highest BCUT2D eigenvalue weighted by Gasteiger charge is 2.37. The van der Waals surface area contributed by atoms with E-state index >= 15 is 0 Å². The van der Waals surface area contributed by atoms with Crippen molar-refractivity contribution in [2.45, 2.75) is 37.6 Å². The number of hydrogen-bond donors (Lipinski definition) is 2. The third-order valence-corrected chi connectivity index (χ3v) is 7.82. The van der Waals surface area contributed by atoms with Gasteiger partial charge >= 0.3 is 5.97 Å². The number of aromatic amines is 1. The molecule has 0 spiro atoms. The van der Waals surface area contributed by atoms with Crippen LogP contribution in [0.5, 0.6) is 0 Å². The smallest absolute Gasteiger partial charge is 0.321 e. The molecule has 2 aromatic carbocycles. The van der Waals surface area contributed by atoms with E-state index in [1.165, 1.54) is 22.5 Å². The summed E-state index contributed by atoms with van der Waals surface area (Å²) in [6.07, 6.45) is 8.92. The van der Waals surface area contributed by atoms with E-state index in [0.717, 1.165) is 70.1 Å². The zero-order valence-electron chi connectivity index (χ0n) is 22.0. The van der Waals surface area contributed by atoms with Crippen molar-refractivity contribution in [3.8, 4) is 0 Å². The van der Waals surface area contributed by atoms with Gasteiger partial charge in [0.2, 0.25) is 0 Å². The van der Waals surface area contributed by atoms with E-state index in [2.05, 4.69) is 52.3 Å². The summed E-state index contributed by atoms with van der Waals surface area (Å²) in [5.41, 5.74) is 2.69. The maximum atomic E-state index is 12.5. The van der Waals surface area contributed by atoms with Crippen LogP contribution in [0, 0.1) is 23.4 Å². The van der Waals surface area contributed by atoms with Crippen molar-refractivity contribution in [3.63, 3.8) is 0 Å². The molecule has 39 heavy (non-hydrogen) atoms. The SMILES string of the molecule is CN1CCC(C(C(=O)O)N2CCC(c3c[nH]c4ccccc34)CC2)CC1.O=C/C=C/c1cc(F)c(F)c(F)c1. The number of rotatable bonds is 6. The standard InChI is InChI=1S/C21H29N3O2.C9H5F3O/c1-23-10-6-16(7-11-23)20(21(25)26)24-12-8-15(9-13-24)18-14-22-19-5-3-2-4-17(18)19;10-7-4-6(2-1-3-13)5-8(11)9(7)12/h2-5,14-16,20,22H,6-13H2,1H3,(H,25,26);1-5H/b;2-1+. The first-order valence-electron chi connectivity index (χ1n) is 13.3. The van der Waals surface area contributed by atoms with Crippen LogP contribution < -0.4 is 0 Å². The van der Waals surface area contributed by atoms with Gasteiger partial charge in [-0.15, -0.1) is 0 Å². The Bertz CT molecular complexity index is 1290. The van der Waals surface area contributed by atoms with Crippen molar-refractivity contribution in [2.75, 3.05) is 33.2 Å². The molecule has 9 heteroatoms. The fraction of sp³-hybridized carbons (Fsp3) is 0.400. The lowest BCUT2D eigenvalue weighted by Crippen LogP contribution is -2.51. The monoisotopic (exact) mass is 541 g/mol. The molecule has 6 nitrogen and oxygen atoms in total. The van der Waals surface area contributed by atoms with Gasteiger partial charge in [-0.3, -0.25) is 14.5 Å². The molecule has 1 atom stereocenters. The number of H-pyrrole nitrogens is 1. The Balaban J connectivity index is 0.000000229. The van der Waals surface area contributed by atoms with Crippen molar-refractivity contribution in [2.24, 2.45) is 5.92 Å². The lowest BCUT2D eigenvalue weighted by atomic mass is 9.84. The average Bonchev–Trinajstić information content (AvgIpc) is 3.36. The molecule has 2 saturated heterocycles. The number of aliphatic carboxylic acids is 1. The minimum atomic E-state index is -1.51. The summed E-state index contributed by atoms with van der Waals surface area (Å²) >= 11 is 0. The third kappa shape index (κ3) is 6.96. The Morgan fingerprint density at radius 3 is 2.28 bits per heavy atom. The minimum absolute atomic E-state index is 0.100. The maximum absolute atomic E-state index is 12.5. The summed E-state index contributed by atoms with van der Waals surface area (Å²) in [6.45, 7) is 3.79. The average molecular weight is 542 g/mol. The first-order chi connectivity index (χ1) is 18.8. The Kier molecular flexibility index (Phi) is 9.59. The molecule has 1 unspecified atom stereocenters. The molecule has 0 aliphatic carbocycles. The summed E-state index contributed by atoms with van der Waals surface area (Å²) in [6, 6.07) is 9.75. The van der Waals surface area contributed by atoms with Crippen LogP contribution in [0.15, 0.2) is 48.7 Å². The maximum Gasteiger partial charge on any atom is 0.321 e. The van der Waals surface area contributed by atoms with E-state index in [4.69, 9.17) is 0 Å². The van der Waals surface area contributed by atoms with Crippen molar-refractivity contribution in [1.82, 2.24) is 14.8 Å². The Hall–Kier alpha value is -3.43. The molecule has 208 valence electrons. The molecule has 2 aliphatic rings. The predicted octanol–water partition coefficient (Wildman–Crippen LogP) is 5.46. The largest absolute Gasteiger partial charge is 0.480 e. The first kappa shape index (κ1) is 28.6. The zero-order valence-corrected chi connectivity index (χ0v) is 22.0. The zero-order chi connectivity index (χ0) is 27.9. The number of likely N-dealkylation sites (tertiary alicyclic amines) is 2. The number of fused-ring (bicyclic) bond motifs is 1. The number of aromatic nitrogens is 1. The highest BCUT2D eigenvalue weighted by Crippen LogP contribution is 2.35. The van der Waals surface area contributed by atoms with Gasteiger partial charge in [-0.05, 0) is 106 Å². The van der Waals surface area contributed by atoms with Gasteiger partial charge < -0.3 is 15.0 Å². The summed E-state index contributed by atoms with van der Waals surface area (Å²) in [5, 5.41) is 11.2. The molecule has 5 rings (SSSR count). The summed E-state index contributed by atoms with van der Waals surface area (Å²) in [4.78, 5) is 29.8. The molecule has 0 amide bonds. The van der Waals surface area contributed by atoms with Gasteiger partial charge in [0, 0.05) is 17.1 Å². The fourth-order valence-electron chi connectivity index (χ4n) is 5.74. The Morgan fingerprint density at radius 2 is 1.67 bits per heavy atom. The van der Waals surface area contributed by atoms with Crippen LogP contribution in [0.2, 0.25) is 0 Å². The third-order valence-electron chi connectivity index (χ3n) is 7.82. The van der Waals surface area contributed by atoms with Gasteiger partial charge in [-0.2, -0.15) is 0 Å². The van der Waals surface area contributed by atoms with Crippen LogP contribution in [-0.4, -0.2) is 71.4 Å². The second-order valence-corrected chi connectivity index (χ2v) is 10.3. The first-order valence-corrected chi connectivity index (χ1v) is 13.3. The van der Waals surface area contributed by atoms with Crippen LogP contribution in [0.4, 0.5) is 13.2 Å². The second-order valence-electron chi connectivity index (χ2n) is 10.3. The Labute approximate surface area is 226 Å². The predicted molar refractivity (Wildman–Crippen MR) is 145 cm³/mol. The molecule has 2 aliphatic heterocycles. The van der Waals surface area contributed by atoms with E-state index in [1.54, 1.807) is 0 Å². The summed E-state index contributed by atoms with van der Waals surface area (Å²) < 4.78 is 37.4.